The molecule has 0 radical (unpaired) electrons. The molecule has 6 nitrogen and oxygen atoms in total. The van der Waals surface area contributed by atoms with Crippen LogP contribution in [0.4, 0.5) is 0 Å². The molecular formula is C23H18N4O2S. The number of carbonyl (C=O) groups excluding carboxylic acids is 1. The van der Waals surface area contributed by atoms with E-state index in [1.54, 1.807) is 30.3 Å². The highest BCUT2D eigenvalue weighted by molar-refractivity contribution is 7.80. The van der Waals surface area contributed by atoms with E-state index in [0.717, 1.165) is 11.1 Å². The molecule has 1 amide bonds. The highest BCUT2D eigenvalue weighted by atomic mass is 32.1. The summed E-state index contributed by atoms with van der Waals surface area (Å²) in [6.07, 6.45) is 0. The summed E-state index contributed by atoms with van der Waals surface area (Å²) >= 11 is 5.30. The van der Waals surface area contributed by atoms with E-state index in [0.29, 0.717) is 22.3 Å². The van der Waals surface area contributed by atoms with Crippen molar-refractivity contribution in [2.24, 2.45) is 0 Å². The van der Waals surface area contributed by atoms with E-state index in [1.165, 1.54) is 4.68 Å². The first-order valence-electron chi connectivity index (χ1n) is 9.29. The highest BCUT2D eigenvalue weighted by Gasteiger charge is 2.15. The van der Waals surface area contributed by atoms with Crippen LogP contribution in [0.15, 0.2) is 83.7 Å². The smallest absolute Gasteiger partial charge is 0.280 e. The molecule has 0 aliphatic carbocycles. The first-order valence-corrected chi connectivity index (χ1v) is 9.70. The van der Waals surface area contributed by atoms with E-state index in [4.69, 9.17) is 12.2 Å². The fraction of sp³-hybridized carbons (Fsp3) is 0.0435. The molecule has 0 fully saturated rings. The minimum atomic E-state index is -0.365. The zero-order valence-corrected chi connectivity index (χ0v) is 16.9. The largest absolute Gasteiger partial charge is 0.298 e. The molecule has 1 heterocycles. The number of hydrogen-bond donors (Lipinski definition) is 2. The molecule has 148 valence electrons. The van der Waals surface area contributed by atoms with Gasteiger partial charge in [-0.25, -0.2) is 4.98 Å². The summed E-state index contributed by atoms with van der Waals surface area (Å²) in [5, 5.41) is 3.05. The van der Waals surface area contributed by atoms with Gasteiger partial charge in [-0.05, 0) is 43.4 Å². The number of thiocarbonyl (C=S) groups is 1. The quantitative estimate of drug-likeness (QED) is 0.501. The number of rotatable bonds is 3. The molecular weight excluding hydrogens is 396 g/mol. The van der Waals surface area contributed by atoms with Gasteiger partial charge in [0.25, 0.3) is 11.5 Å². The molecule has 4 rings (SSSR count). The van der Waals surface area contributed by atoms with Crippen molar-refractivity contribution in [1.29, 1.82) is 0 Å². The summed E-state index contributed by atoms with van der Waals surface area (Å²) in [4.78, 5) is 30.2. The van der Waals surface area contributed by atoms with Crippen LogP contribution in [-0.2, 0) is 0 Å². The number of para-hydroxylation sites is 1. The predicted octanol–water partition coefficient (Wildman–Crippen LogP) is 3.63. The van der Waals surface area contributed by atoms with E-state index in [9.17, 15) is 9.59 Å². The number of benzene rings is 3. The Morgan fingerprint density at radius 2 is 1.60 bits per heavy atom. The Bertz CT molecular complexity index is 1300. The molecule has 0 saturated heterocycles. The fourth-order valence-electron chi connectivity index (χ4n) is 3.03. The van der Waals surface area contributed by atoms with Crippen molar-refractivity contribution >= 4 is 34.1 Å². The molecule has 0 aliphatic rings. The lowest BCUT2D eigenvalue weighted by atomic mass is 10.1. The number of hydrogen-bond acceptors (Lipinski definition) is 4. The van der Waals surface area contributed by atoms with E-state index < -0.39 is 0 Å². The van der Waals surface area contributed by atoms with Crippen molar-refractivity contribution in [1.82, 2.24) is 15.0 Å². The second-order valence-corrected chi connectivity index (χ2v) is 7.13. The zero-order valence-electron chi connectivity index (χ0n) is 16.1. The van der Waals surface area contributed by atoms with Crippen LogP contribution in [-0.4, -0.2) is 20.7 Å². The lowest BCUT2D eigenvalue weighted by Gasteiger charge is -2.16. The lowest BCUT2D eigenvalue weighted by Crippen LogP contribution is -2.42. The summed E-state index contributed by atoms with van der Waals surface area (Å²) in [6.45, 7) is 1.94. The van der Waals surface area contributed by atoms with Crippen LogP contribution in [0.3, 0.4) is 0 Å². The first kappa shape index (κ1) is 19.5. The number of nitrogens with one attached hydrogen (secondary N) is 2. The van der Waals surface area contributed by atoms with Gasteiger partial charge in [0.2, 0.25) is 0 Å². The van der Waals surface area contributed by atoms with Gasteiger partial charge < -0.3 is 0 Å². The summed E-state index contributed by atoms with van der Waals surface area (Å²) in [5.74, 6) is 0.0294. The zero-order chi connectivity index (χ0) is 21.1. The Balaban J connectivity index is 1.70. The molecule has 2 N–H and O–H groups in total. The highest BCUT2D eigenvalue weighted by Crippen LogP contribution is 2.17. The van der Waals surface area contributed by atoms with Crippen molar-refractivity contribution in [3.05, 3.63) is 100 Å². The molecule has 0 saturated carbocycles. The third-order valence-corrected chi connectivity index (χ3v) is 4.76. The van der Waals surface area contributed by atoms with E-state index in [1.807, 2.05) is 55.5 Å². The Morgan fingerprint density at radius 1 is 0.933 bits per heavy atom. The number of amides is 1. The van der Waals surface area contributed by atoms with Crippen molar-refractivity contribution in [2.45, 2.75) is 6.92 Å². The van der Waals surface area contributed by atoms with Crippen LogP contribution in [0.2, 0.25) is 0 Å². The van der Waals surface area contributed by atoms with Gasteiger partial charge in [-0.1, -0.05) is 60.2 Å². The Kier molecular flexibility index (Phi) is 5.36. The number of aryl methyl sites for hydroxylation is 1. The van der Waals surface area contributed by atoms with Crippen LogP contribution in [0.25, 0.3) is 22.3 Å². The minimum absolute atomic E-state index is 0.00284. The number of nitrogens with zero attached hydrogens (tertiary/aromatic N) is 2. The van der Waals surface area contributed by atoms with Crippen molar-refractivity contribution in [3.63, 3.8) is 0 Å². The minimum Gasteiger partial charge on any atom is -0.298 e. The maximum Gasteiger partial charge on any atom is 0.280 e. The number of carbonyl (C=O) groups is 1. The fourth-order valence-corrected chi connectivity index (χ4v) is 3.21. The topological polar surface area (TPSA) is 76.0 Å². The van der Waals surface area contributed by atoms with Gasteiger partial charge in [-0.15, -0.1) is 0 Å². The van der Waals surface area contributed by atoms with Crippen molar-refractivity contribution < 1.29 is 4.79 Å². The number of fused-ring (bicyclic) bond motifs is 1. The molecule has 0 aliphatic heterocycles. The van der Waals surface area contributed by atoms with Crippen LogP contribution in [0.5, 0.6) is 0 Å². The predicted molar refractivity (Wildman–Crippen MR) is 122 cm³/mol. The van der Waals surface area contributed by atoms with Crippen molar-refractivity contribution in [2.75, 3.05) is 5.43 Å². The molecule has 0 atom stereocenters. The lowest BCUT2D eigenvalue weighted by molar-refractivity contribution is 0.0977. The second-order valence-electron chi connectivity index (χ2n) is 6.72. The summed E-state index contributed by atoms with van der Waals surface area (Å²) < 4.78 is 1.26. The van der Waals surface area contributed by atoms with Crippen molar-refractivity contribution in [3.8, 4) is 11.4 Å². The average molecular weight is 414 g/mol. The third kappa shape index (κ3) is 3.97. The van der Waals surface area contributed by atoms with Gasteiger partial charge in [0.15, 0.2) is 10.9 Å². The number of aromatic nitrogens is 2. The molecule has 0 bridgehead atoms. The Hall–Kier alpha value is -3.84. The van der Waals surface area contributed by atoms with E-state index >= 15 is 0 Å². The Labute approximate surface area is 178 Å². The van der Waals surface area contributed by atoms with Gasteiger partial charge in [0, 0.05) is 11.1 Å². The molecule has 0 unspecified atom stereocenters. The molecule has 0 spiro atoms. The van der Waals surface area contributed by atoms with Gasteiger partial charge in [0.05, 0.1) is 10.9 Å². The average Bonchev–Trinajstić information content (AvgIpc) is 2.76. The molecule has 30 heavy (non-hydrogen) atoms. The van der Waals surface area contributed by atoms with Gasteiger partial charge in [-0.2, -0.15) is 4.68 Å². The maximum absolute atomic E-state index is 13.1. The molecule has 1 aromatic heterocycles. The second kappa shape index (κ2) is 8.26. The van der Waals surface area contributed by atoms with Crippen LogP contribution in [0, 0.1) is 6.92 Å². The SMILES string of the molecule is Cc1ccc(C(=O)NC(=S)Nn2c(-c3ccccc3)nc3ccccc3c2=O)cc1. The Morgan fingerprint density at radius 3 is 2.33 bits per heavy atom. The third-order valence-electron chi connectivity index (χ3n) is 4.56. The molecule has 4 aromatic rings. The molecule has 7 heteroatoms. The summed E-state index contributed by atoms with van der Waals surface area (Å²) in [6, 6.07) is 23.5. The van der Waals surface area contributed by atoms with Gasteiger partial charge in [0.1, 0.15) is 0 Å². The standard InChI is InChI=1S/C23H18N4O2S/c1-15-11-13-17(14-12-15)21(28)25-23(30)26-27-20(16-7-3-2-4-8-16)24-19-10-6-5-9-18(19)22(27)29/h2-14H,1H3,(H2,25,26,28,30). The summed E-state index contributed by atoms with van der Waals surface area (Å²) in [5.41, 5.74) is 5.34. The normalized spacial score (nSPS) is 10.6. The van der Waals surface area contributed by atoms with E-state index in [-0.39, 0.29) is 16.6 Å². The van der Waals surface area contributed by atoms with Gasteiger partial charge >= 0.3 is 0 Å². The van der Waals surface area contributed by atoms with E-state index in [2.05, 4.69) is 15.7 Å². The van der Waals surface area contributed by atoms with Crippen LogP contribution >= 0.6 is 12.2 Å². The summed E-state index contributed by atoms with van der Waals surface area (Å²) in [7, 11) is 0. The van der Waals surface area contributed by atoms with Gasteiger partial charge in [-0.3, -0.25) is 20.3 Å². The van der Waals surface area contributed by atoms with Crippen LogP contribution < -0.4 is 16.3 Å². The molecule has 3 aromatic carbocycles. The maximum atomic E-state index is 13.1. The first-order chi connectivity index (χ1) is 14.5. The monoisotopic (exact) mass is 414 g/mol. The van der Waals surface area contributed by atoms with Crippen LogP contribution in [0.1, 0.15) is 15.9 Å².